The van der Waals surface area contributed by atoms with E-state index in [0.717, 1.165) is 69.6 Å². The van der Waals surface area contributed by atoms with E-state index in [1.54, 1.807) is 0 Å². The van der Waals surface area contributed by atoms with Crippen LogP contribution in [0.1, 0.15) is 369 Å². The van der Waals surface area contributed by atoms with Gasteiger partial charge in [-0.05, 0) is 31.1 Å². The van der Waals surface area contributed by atoms with Gasteiger partial charge in [0.2, 0.25) is 0 Å². The number of carbonyl (C=O) groups excluding carboxylic acids is 3. The fraction of sp³-hybridized carbons (Fsp3) is 0.954. The second kappa shape index (κ2) is 57.7. The molecule has 0 saturated carbocycles. The van der Waals surface area contributed by atoms with Crippen LogP contribution in [-0.4, -0.2) is 37.2 Å². The molecule has 0 aromatic heterocycles. The summed E-state index contributed by atoms with van der Waals surface area (Å²) in [7, 11) is 0. The lowest BCUT2D eigenvalue weighted by molar-refractivity contribution is -0.167. The zero-order valence-electron chi connectivity index (χ0n) is 48.9. The van der Waals surface area contributed by atoms with Crippen molar-refractivity contribution in [3.05, 3.63) is 0 Å². The fourth-order valence-corrected chi connectivity index (χ4v) is 10.1. The molecule has 0 amide bonds. The van der Waals surface area contributed by atoms with Crippen LogP contribution in [0.25, 0.3) is 0 Å². The van der Waals surface area contributed by atoms with Crippen LogP contribution in [-0.2, 0) is 28.6 Å². The monoisotopic (exact) mass is 1000 g/mol. The molecule has 2 atom stereocenters. The van der Waals surface area contributed by atoms with Crippen molar-refractivity contribution < 1.29 is 28.6 Å². The molecule has 422 valence electrons. The molecule has 0 bridgehead atoms. The van der Waals surface area contributed by atoms with Crippen LogP contribution in [0.3, 0.4) is 0 Å². The predicted octanol–water partition coefficient (Wildman–Crippen LogP) is 21.6. The Morgan fingerprint density at radius 2 is 0.535 bits per heavy atom. The molecule has 6 heteroatoms. The third-order valence-electron chi connectivity index (χ3n) is 15.3. The van der Waals surface area contributed by atoms with Crippen LogP contribution in [0.2, 0.25) is 0 Å². The first-order chi connectivity index (χ1) is 34.8. The third-order valence-corrected chi connectivity index (χ3v) is 15.3. The average molecular weight is 1000 g/mol. The Bertz CT molecular complexity index is 1090. The summed E-state index contributed by atoms with van der Waals surface area (Å²) in [6.07, 6.45) is 63.8. The van der Waals surface area contributed by atoms with Crippen LogP contribution >= 0.6 is 0 Å². The van der Waals surface area contributed by atoms with Crippen molar-refractivity contribution >= 4 is 17.9 Å². The maximum absolute atomic E-state index is 12.9. The van der Waals surface area contributed by atoms with Crippen molar-refractivity contribution in [2.45, 2.75) is 375 Å². The van der Waals surface area contributed by atoms with E-state index in [-0.39, 0.29) is 31.1 Å². The van der Waals surface area contributed by atoms with Crippen molar-refractivity contribution in [1.29, 1.82) is 0 Å². The molecular formula is C65H126O6. The van der Waals surface area contributed by atoms with Crippen molar-refractivity contribution in [2.24, 2.45) is 11.8 Å². The standard InChI is InChI=1S/C65H126O6/c1-6-8-9-10-11-12-13-14-25-32-37-42-47-52-57-65(68)71-62(59-70-64(67)56-51-46-41-36-31-27-22-21-24-29-34-39-44-49-54-61(5)7-2)58-69-63(66)55-50-45-40-35-30-26-20-18-16-15-17-19-23-28-33-38-43-48-53-60(3)4/h60-62H,6-59H2,1-5H3/t61?,62-/m1/s1. The van der Waals surface area contributed by atoms with E-state index in [9.17, 15) is 14.4 Å². The highest BCUT2D eigenvalue weighted by Gasteiger charge is 2.19. The Kier molecular flexibility index (Phi) is 56.4. The SMILES string of the molecule is CCCCCCCCCCCCCCCCC(=O)O[C@H](COC(=O)CCCCCCCCCCCCCCCCCCCCC(C)C)COC(=O)CCCCCCCCCCCCCCCCC(C)CC. The van der Waals surface area contributed by atoms with Gasteiger partial charge in [-0.25, -0.2) is 0 Å². The molecule has 0 aliphatic carbocycles. The van der Waals surface area contributed by atoms with Crippen molar-refractivity contribution in [1.82, 2.24) is 0 Å². The predicted molar refractivity (Wildman–Crippen MR) is 307 cm³/mol. The topological polar surface area (TPSA) is 78.9 Å². The van der Waals surface area contributed by atoms with E-state index >= 15 is 0 Å². The van der Waals surface area contributed by atoms with E-state index in [1.807, 2.05) is 0 Å². The summed E-state index contributed by atoms with van der Waals surface area (Å²) in [6, 6.07) is 0. The quantitative estimate of drug-likeness (QED) is 0.0343. The Hall–Kier alpha value is -1.59. The Balaban J connectivity index is 4.25. The first kappa shape index (κ1) is 69.4. The molecule has 0 heterocycles. The maximum Gasteiger partial charge on any atom is 0.306 e. The van der Waals surface area contributed by atoms with Gasteiger partial charge in [-0.3, -0.25) is 14.4 Å². The average Bonchev–Trinajstić information content (AvgIpc) is 3.36. The molecule has 0 N–H and O–H groups in total. The Morgan fingerprint density at radius 1 is 0.296 bits per heavy atom. The second-order valence-corrected chi connectivity index (χ2v) is 23.1. The summed E-state index contributed by atoms with van der Waals surface area (Å²) in [6.45, 7) is 11.5. The van der Waals surface area contributed by atoms with Crippen LogP contribution in [0.15, 0.2) is 0 Å². The molecule has 0 aromatic rings. The smallest absolute Gasteiger partial charge is 0.306 e. The fourth-order valence-electron chi connectivity index (χ4n) is 10.1. The molecule has 0 rings (SSSR count). The van der Waals surface area contributed by atoms with Crippen molar-refractivity contribution in [3.63, 3.8) is 0 Å². The van der Waals surface area contributed by atoms with Crippen molar-refractivity contribution in [3.8, 4) is 0 Å². The lowest BCUT2D eigenvalue weighted by atomic mass is 9.99. The Labute approximate surface area is 444 Å². The van der Waals surface area contributed by atoms with E-state index < -0.39 is 6.10 Å². The summed E-state index contributed by atoms with van der Waals surface area (Å²) < 4.78 is 17.0. The van der Waals surface area contributed by atoms with Gasteiger partial charge in [0.15, 0.2) is 6.10 Å². The highest BCUT2D eigenvalue weighted by atomic mass is 16.6. The molecule has 0 aromatic carbocycles. The number of carbonyl (C=O) groups is 3. The number of esters is 3. The molecule has 0 fully saturated rings. The number of unbranched alkanes of at least 4 members (excludes halogenated alkanes) is 43. The summed E-state index contributed by atoms with van der Waals surface area (Å²) in [5.74, 6) is 0.924. The zero-order chi connectivity index (χ0) is 51.8. The first-order valence-electron chi connectivity index (χ1n) is 32.3. The zero-order valence-corrected chi connectivity index (χ0v) is 48.9. The second-order valence-electron chi connectivity index (χ2n) is 23.1. The van der Waals surface area contributed by atoms with Gasteiger partial charge >= 0.3 is 17.9 Å². The van der Waals surface area contributed by atoms with Crippen LogP contribution < -0.4 is 0 Å². The summed E-state index contributed by atoms with van der Waals surface area (Å²) >= 11 is 0. The minimum Gasteiger partial charge on any atom is -0.462 e. The molecule has 0 aliphatic rings. The highest BCUT2D eigenvalue weighted by Crippen LogP contribution is 2.19. The van der Waals surface area contributed by atoms with Crippen molar-refractivity contribution in [2.75, 3.05) is 13.2 Å². The Morgan fingerprint density at radius 3 is 0.803 bits per heavy atom. The van der Waals surface area contributed by atoms with Crippen LogP contribution in [0, 0.1) is 11.8 Å². The number of rotatable bonds is 59. The molecule has 0 spiro atoms. The van der Waals surface area contributed by atoms with Crippen LogP contribution in [0.5, 0.6) is 0 Å². The number of hydrogen-bond acceptors (Lipinski definition) is 6. The van der Waals surface area contributed by atoms with Gasteiger partial charge < -0.3 is 14.2 Å². The molecular weight excluding hydrogens is 877 g/mol. The lowest BCUT2D eigenvalue weighted by Crippen LogP contribution is -2.30. The molecule has 0 saturated heterocycles. The van der Waals surface area contributed by atoms with Gasteiger partial charge in [-0.2, -0.15) is 0 Å². The molecule has 6 nitrogen and oxygen atoms in total. The highest BCUT2D eigenvalue weighted by molar-refractivity contribution is 5.71. The van der Waals surface area contributed by atoms with E-state index in [1.165, 1.54) is 257 Å². The molecule has 1 unspecified atom stereocenters. The summed E-state index contributed by atoms with van der Waals surface area (Å²) in [5.41, 5.74) is 0. The normalized spacial score (nSPS) is 12.4. The van der Waals surface area contributed by atoms with Gasteiger partial charge in [0, 0.05) is 19.3 Å². The van der Waals surface area contributed by atoms with Gasteiger partial charge in [0.05, 0.1) is 0 Å². The minimum absolute atomic E-state index is 0.0617. The minimum atomic E-state index is -0.763. The number of ether oxygens (including phenoxy) is 3. The maximum atomic E-state index is 12.9. The molecule has 0 radical (unpaired) electrons. The van der Waals surface area contributed by atoms with E-state index in [4.69, 9.17) is 14.2 Å². The summed E-state index contributed by atoms with van der Waals surface area (Å²) in [5, 5.41) is 0. The lowest BCUT2D eigenvalue weighted by Gasteiger charge is -2.18. The molecule has 71 heavy (non-hydrogen) atoms. The van der Waals surface area contributed by atoms with Gasteiger partial charge in [0.1, 0.15) is 13.2 Å². The van der Waals surface area contributed by atoms with Gasteiger partial charge in [-0.1, -0.05) is 330 Å². The van der Waals surface area contributed by atoms with Gasteiger partial charge in [0.25, 0.3) is 0 Å². The molecule has 0 aliphatic heterocycles. The van der Waals surface area contributed by atoms with Gasteiger partial charge in [-0.15, -0.1) is 0 Å². The summed E-state index contributed by atoms with van der Waals surface area (Å²) in [4.78, 5) is 38.3. The van der Waals surface area contributed by atoms with E-state index in [2.05, 4.69) is 34.6 Å². The first-order valence-corrected chi connectivity index (χ1v) is 32.3. The van der Waals surface area contributed by atoms with Crippen LogP contribution in [0.4, 0.5) is 0 Å². The third kappa shape index (κ3) is 57.5. The van der Waals surface area contributed by atoms with E-state index in [0.29, 0.717) is 19.3 Å². The largest absolute Gasteiger partial charge is 0.462 e. The number of hydrogen-bond donors (Lipinski definition) is 0.